The van der Waals surface area contributed by atoms with E-state index in [1.165, 1.54) is 0 Å². The van der Waals surface area contributed by atoms with E-state index in [-0.39, 0.29) is 11.7 Å². The van der Waals surface area contributed by atoms with Crippen LogP contribution in [0.4, 0.5) is 11.6 Å². The molecule has 9 nitrogen and oxygen atoms in total. The van der Waals surface area contributed by atoms with Gasteiger partial charge < -0.3 is 19.8 Å². The van der Waals surface area contributed by atoms with Crippen LogP contribution in [-0.2, 0) is 0 Å². The number of hydrogen-bond acceptors (Lipinski definition) is 7. The highest BCUT2D eigenvalue weighted by Crippen LogP contribution is 2.27. The predicted molar refractivity (Wildman–Crippen MR) is 142 cm³/mol. The van der Waals surface area contributed by atoms with Crippen molar-refractivity contribution in [2.24, 2.45) is 0 Å². The third kappa shape index (κ3) is 5.35. The van der Waals surface area contributed by atoms with Gasteiger partial charge in [0.15, 0.2) is 5.76 Å². The van der Waals surface area contributed by atoms with E-state index in [0.717, 1.165) is 29.8 Å². The smallest absolute Gasteiger partial charge is 0.291 e. The summed E-state index contributed by atoms with van der Waals surface area (Å²) in [6, 6.07) is 20.2. The van der Waals surface area contributed by atoms with E-state index in [0.29, 0.717) is 29.0 Å². The Labute approximate surface area is 214 Å². The molecule has 0 unspecified atom stereocenters. The number of rotatable bonds is 9. The van der Waals surface area contributed by atoms with Gasteiger partial charge in [-0.1, -0.05) is 19.1 Å². The number of nitrogens with one attached hydrogen (secondary N) is 2. The van der Waals surface area contributed by atoms with Gasteiger partial charge in [-0.3, -0.25) is 9.36 Å². The summed E-state index contributed by atoms with van der Waals surface area (Å²) in [7, 11) is 1.62. The molecule has 0 saturated heterocycles. The van der Waals surface area contributed by atoms with Crippen LogP contribution in [0.2, 0.25) is 0 Å². The summed E-state index contributed by atoms with van der Waals surface area (Å²) in [4.78, 5) is 26.3. The fourth-order valence-electron chi connectivity index (χ4n) is 3.81. The largest absolute Gasteiger partial charge is 0.497 e. The number of benzene rings is 2. The molecule has 1 amide bonds. The molecule has 0 saturated carbocycles. The van der Waals surface area contributed by atoms with Gasteiger partial charge in [-0.25, -0.2) is 9.97 Å². The zero-order valence-corrected chi connectivity index (χ0v) is 20.5. The van der Waals surface area contributed by atoms with Gasteiger partial charge in [-0.05, 0) is 61.0 Å². The third-order valence-corrected chi connectivity index (χ3v) is 5.64. The number of carbonyl (C=O) groups is 1. The lowest BCUT2D eigenvalue weighted by Crippen LogP contribution is -2.11. The van der Waals surface area contributed by atoms with Crippen molar-refractivity contribution >= 4 is 17.5 Å². The number of hydrogen-bond donors (Lipinski definition) is 2. The Balaban J connectivity index is 1.34. The molecule has 0 aliphatic carbocycles. The number of imidazole rings is 1. The molecule has 186 valence electrons. The molecule has 5 rings (SSSR count). The number of carbonyl (C=O) groups excluding carboxylic acids is 1. The maximum Gasteiger partial charge on any atom is 0.291 e. The quantitative estimate of drug-likeness (QED) is 0.272. The predicted octanol–water partition coefficient (Wildman–Crippen LogP) is 5.67. The molecular weight excluding hydrogens is 468 g/mol. The second-order valence-corrected chi connectivity index (χ2v) is 8.21. The maximum absolute atomic E-state index is 12.9. The second kappa shape index (κ2) is 10.8. The van der Waals surface area contributed by atoms with Gasteiger partial charge in [0, 0.05) is 41.9 Å². The molecule has 0 fully saturated rings. The van der Waals surface area contributed by atoms with Crippen LogP contribution in [0.3, 0.4) is 0 Å². The molecular formula is C28H26N6O3. The molecule has 2 N–H and O–H groups in total. The number of nitrogens with zero attached hydrogens (tertiary/aromatic N) is 4. The van der Waals surface area contributed by atoms with Crippen molar-refractivity contribution in [3.05, 3.63) is 91.1 Å². The SMILES string of the molecule is CCCNc1nccc(-n2ccnc2-c2cccc(NC(=O)c3ccc(-c4ccc(OC)cc4)o3)c2)n1. The monoisotopic (exact) mass is 494 g/mol. The number of ether oxygens (including phenoxy) is 1. The minimum atomic E-state index is -0.345. The zero-order valence-electron chi connectivity index (χ0n) is 20.5. The van der Waals surface area contributed by atoms with Gasteiger partial charge in [0.1, 0.15) is 23.2 Å². The third-order valence-electron chi connectivity index (χ3n) is 5.64. The lowest BCUT2D eigenvalue weighted by molar-refractivity contribution is 0.0997. The van der Waals surface area contributed by atoms with E-state index in [1.54, 1.807) is 31.6 Å². The number of aromatic nitrogens is 4. The van der Waals surface area contributed by atoms with E-state index in [2.05, 4.69) is 32.5 Å². The standard InChI is InChI=1S/C28H26N6O3/c1-3-14-30-28-31-15-13-25(33-28)34-17-16-29-26(34)20-5-4-6-21(18-20)32-27(35)24-12-11-23(37-24)19-7-9-22(36-2)10-8-19/h4-13,15-18H,3,14H2,1-2H3,(H,32,35)(H,30,31,33). The Kier molecular flexibility index (Phi) is 6.93. The van der Waals surface area contributed by atoms with Crippen molar-refractivity contribution in [3.8, 4) is 34.3 Å². The Morgan fingerprint density at radius 1 is 1.00 bits per heavy atom. The lowest BCUT2D eigenvalue weighted by Gasteiger charge is -2.10. The van der Waals surface area contributed by atoms with Gasteiger partial charge in [0.05, 0.1) is 7.11 Å². The minimum absolute atomic E-state index is 0.214. The molecule has 37 heavy (non-hydrogen) atoms. The molecule has 3 heterocycles. The summed E-state index contributed by atoms with van der Waals surface area (Å²) >= 11 is 0. The summed E-state index contributed by atoms with van der Waals surface area (Å²) in [5.41, 5.74) is 2.29. The molecule has 9 heteroatoms. The highest BCUT2D eigenvalue weighted by molar-refractivity contribution is 6.02. The summed E-state index contributed by atoms with van der Waals surface area (Å²) < 4.78 is 12.9. The number of methoxy groups -OCH3 is 1. The van der Waals surface area contributed by atoms with Gasteiger partial charge in [-0.2, -0.15) is 4.98 Å². The first-order valence-corrected chi connectivity index (χ1v) is 11.9. The first kappa shape index (κ1) is 23.8. The number of furan rings is 1. The summed E-state index contributed by atoms with van der Waals surface area (Å²) in [6.07, 6.45) is 6.25. The molecule has 0 bridgehead atoms. The highest BCUT2D eigenvalue weighted by atomic mass is 16.5. The van der Waals surface area contributed by atoms with Crippen LogP contribution in [0.25, 0.3) is 28.5 Å². The van der Waals surface area contributed by atoms with E-state index in [1.807, 2.05) is 65.4 Å². The van der Waals surface area contributed by atoms with E-state index in [9.17, 15) is 4.79 Å². The maximum atomic E-state index is 12.9. The molecule has 2 aromatic carbocycles. The van der Waals surface area contributed by atoms with Gasteiger partial charge in [0.2, 0.25) is 5.95 Å². The van der Waals surface area contributed by atoms with E-state index < -0.39 is 0 Å². The van der Waals surface area contributed by atoms with E-state index in [4.69, 9.17) is 9.15 Å². The average Bonchev–Trinajstić information content (AvgIpc) is 3.63. The van der Waals surface area contributed by atoms with Crippen molar-refractivity contribution in [1.82, 2.24) is 19.5 Å². The van der Waals surface area contributed by atoms with Crippen LogP contribution in [0, 0.1) is 0 Å². The summed E-state index contributed by atoms with van der Waals surface area (Å²) in [5, 5.41) is 6.11. The Hall–Kier alpha value is -4.92. The Bertz CT molecular complexity index is 1510. The second-order valence-electron chi connectivity index (χ2n) is 8.21. The highest BCUT2D eigenvalue weighted by Gasteiger charge is 2.15. The van der Waals surface area contributed by atoms with Gasteiger partial charge >= 0.3 is 0 Å². The van der Waals surface area contributed by atoms with Crippen molar-refractivity contribution in [2.75, 3.05) is 24.3 Å². The number of amides is 1. The topological polar surface area (TPSA) is 107 Å². The molecule has 0 aliphatic heterocycles. The molecule has 0 aliphatic rings. The Morgan fingerprint density at radius 2 is 1.86 bits per heavy atom. The van der Waals surface area contributed by atoms with Gasteiger partial charge in [0.25, 0.3) is 5.91 Å². The lowest BCUT2D eigenvalue weighted by atomic mass is 10.2. The number of anilines is 2. The van der Waals surface area contributed by atoms with Crippen LogP contribution in [0.5, 0.6) is 5.75 Å². The Morgan fingerprint density at radius 3 is 2.68 bits per heavy atom. The van der Waals surface area contributed by atoms with E-state index >= 15 is 0 Å². The minimum Gasteiger partial charge on any atom is -0.497 e. The van der Waals surface area contributed by atoms with Crippen molar-refractivity contribution in [1.29, 1.82) is 0 Å². The molecule has 3 aromatic heterocycles. The zero-order chi connectivity index (χ0) is 25.6. The molecule has 5 aromatic rings. The van der Waals surface area contributed by atoms with Crippen LogP contribution in [0.1, 0.15) is 23.9 Å². The average molecular weight is 495 g/mol. The van der Waals surface area contributed by atoms with Crippen molar-refractivity contribution in [2.45, 2.75) is 13.3 Å². The summed E-state index contributed by atoms with van der Waals surface area (Å²) in [5.74, 6) is 3.16. The van der Waals surface area contributed by atoms with Crippen molar-refractivity contribution < 1.29 is 13.9 Å². The van der Waals surface area contributed by atoms with Gasteiger partial charge in [-0.15, -0.1) is 0 Å². The molecule has 0 spiro atoms. The normalized spacial score (nSPS) is 10.8. The molecule has 0 radical (unpaired) electrons. The van der Waals surface area contributed by atoms with Crippen LogP contribution in [-0.4, -0.2) is 39.1 Å². The van der Waals surface area contributed by atoms with Crippen LogP contribution < -0.4 is 15.4 Å². The first-order chi connectivity index (χ1) is 18.1. The fraction of sp³-hybridized carbons (Fsp3) is 0.143. The molecule has 0 atom stereocenters. The first-order valence-electron chi connectivity index (χ1n) is 11.9. The summed E-state index contributed by atoms with van der Waals surface area (Å²) in [6.45, 7) is 2.88. The fourth-order valence-corrected chi connectivity index (χ4v) is 3.81. The van der Waals surface area contributed by atoms with Crippen LogP contribution in [0.15, 0.2) is 89.7 Å². The van der Waals surface area contributed by atoms with Crippen molar-refractivity contribution in [3.63, 3.8) is 0 Å². The van der Waals surface area contributed by atoms with Crippen LogP contribution >= 0.6 is 0 Å².